The van der Waals surface area contributed by atoms with E-state index in [1.807, 2.05) is 20.8 Å². The third-order valence-electron chi connectivity index (χ3n) is 3.11. The molecule has 1 unspecified atom stereocenters. The molecule has 0 spiro atoms. The minimum absolute atomic E-state index is 0.131. The van der Waals surface area contributed by atoms with Gasteiger partial charge in [-0.2, -0.15) is 0 Å². The van der Waals surface area contributed by atoms with Gasteiger partial charge in [0.05, 0.1) is 12.0 Å². The van der Waals surface area contributed by atoms with E-state index in [1.54, 1.807) is 31.4 Å². The van der Waals surface area contributed by atoms with Gasteiger partial charge in [0.15, 0.2) is 0 Å². The summed E-state index contributed by atoms with van der Waals surface area (Å²) in [5, 5.41) is 0.750. The van der Waals surface area contributed by atoms with Crippen molar-refractivity contribution in [2.24, 2.45) is 5.41 Å². The molecule has 0 aliphatic rings. The van der Waals surface area contributed by atoms with Crippen LogP contribution in [0.3, 0.4) is 0 Å². The average Bonchev–Trinajstić information content (AvgIpc) is 2.37. The third kappa shape index (κ3) is 4.75. The van der Waals surface area contributed by atoms with Crippen molar-refractivity contribution in [2.75, 3.05) is 12.4 Å². The molecule has 0 aliphatic carbocycles. The van der Waals surface area contributed by atoms with Crippen molar-refractivity contribution in [3.63, 3.8) is 0 Å². The molecule has 6 heteroatoms. The molecule has 4 nitrogen and oxygen atoms in total. The molecule has 0 fully saturated rings. The monoisotopic (exact) mass is 363 g/mol. The zero-order valence-electron chi connectivity index (χ0n) is 12.3. The molecule has 0 saturated carbocycles. The van der Waals surface area contributed by atoms with Crippen LogP contribution in [0.2, 0.25) is 0 Å². The van der Waals surface area contributed by atoms with Gasteiger partial charge in [0.25, 0.3) is 0 Å². The first-order chi connectivity index (χ1) is 9.20. The zero-order chi connectivity index (χ0) is 15.4. The van der Waals surface area contributed by atoms with E-state index in [4.69, 9.17) is 4.74 Å². The molecule has 0 saturated heterocycles. The summed E-state index contributed by atoms with van der Waals surface area (Å²) in [6.45, 7) is 6.07. The fourth-order valence-electron chi connectivity index (χ4n) is 1.79. The van der Waals surface area contributed by atoms with Gasteiger partial charge < -0.3 is 4.74 Å². The highest BCUT2D eigenvalue weighted by atomic mass is 79.9. The van der Waals surface area contributed by atoms with Crippen molar-refractivity contribution in [1.29, 1.82) is 0 Å². The standard InChI is InChI=1S/C14H22BrNO3S/c1-14(2,3)13(9-10-15)16-20(17,18)12-7-5-11(19-4)6-8-12/h5-8,13,16H,9-10H2,1-4H3. The molecule has 0 amide bonds. The summed E-state index contributed by atoms with van der Waals surface area (Å²) in [6.07, 6.45) is 0.735. The van der Waals surface area contributed by atoms with Crippen molar-refractivity contribution >= 4 is 26.0 Å². The van der Waals surface area contributed by atoms with Crippen molar-refractivity contribution in [2.45, 2.75) is 38.1 Å². The van der Waals surface area contributed by atoms with Crippen molar-refractivity contribution < 1.29 is 13.2 Å². The summed E-state index contributed by atoms with van der Waals surface area (Å²) in [5.41, 5.74) is -0.146. The topological polar surface area (TPSA) is 55.4 Å². The molecule has 0 aromatic heterocycles. The lowest BCUT2D eigenvalue weighted by molar-refractivity contribution is 0.293. The van der Waals surface area contributed by atoms with Crippen molar-refractivity contribution in [3.05, 3.63) is 24.3 Å². The van der Waals surface area contributed by atoms with Gasteiger partial charge in [-0.1, -0.05) is 36.7 Å². The van der Waals surface area contributed by atoms with Crippen LogP contribution in [0.4, 0.5) is 0 Å². The molecule has 1 aromatic carbocycles. The molecule has 1 aromatic rings. The number of nitrogens with one attached hydrogen (secondary N) is 1. The van der Waals surface area contributed by atoms with Gasteiger partial charge in [-0.25, -0.2) is 13.1 Å². The van der Waals surface area contributed by atoms with Gasteiger partial charge in [-0.3, -0.25) is 0 Å². The van der Waals surface area contributed by atoms with Gasteiger partial charge in [0.2, 0.25) is 10.0 Å². The molecule has 1 N–H and O–H groups in total. The van der Waals surface area contributed by atoms with Crippen LogP contribution in [-0.4, -0.2) is 26.9 Å². The van der Waals surface area contributed by atoms with Crippen LogP contribution in [0.5, 0.6) is 5.75 Å². The lowest BCUT2D eigenvalue weighted by atomic mass is 9.86. The predicted octanol–water partition coefficient (Wildman–Crippen LogP) is 3.17. The Morgan fingerprint density at radius 3 is 2.20 bits per heavy atom. The predicted molar refractivity (Wildman–Crippen MR) is 85.0 cm³/mol. The Kier molecular flexibility index (Phi) is 6.04. The Labute approximate surface area is 130 Å². The van der Waals surface area contributed by atoms with Gasteiger partial charge in [-0.05, 0) is 36.1 Å². The van der Waals surface area contributed by atoms with E-state index in [9.17, 15) is 8.42 Å². The quantitative estimate of drug-likeness (QED) is 0.789. The minimum atomic E-state index is -3.52. The number of halogens is 1. The smallest absolute Gasteiger partial charge is 0.240 e. The first-order valence-corrected chi connectivity index (χ1v) is 9.03. The van der Waals surface area contributed by atoms with Crippen LogP contribution in [0.25, 0.3) is 0 Å². The summed E-state index contributed by atoms with van der Waals surface area (Å²) >= 11 is 3.37. The van der Waals surface area contributed by atoms with Gasteiger partial charge in [0, 0.05) is 11.4 Å². The van der Waals surface area contributed by atoms with E-state index in [-0.39, 0.29) is 16.4 Å². The molecular weight excluding hydrogens is 342 g/mol. The molecule has 20 heavy (non-hydrogen) atoms. The van der Waals surface area contributed by atoms with E-state index in [0.29, 0.717) is 5.75 Å². The van der Waals surface area contributed by atoms with Crippen LogP contribution in [0, 0.1) is 5.41 Å². The second kappa shape index (κ2) is 6.91. The molecule has 114 valence electrons. The number of hydrogen-bond donors (Lipinski definition) is 1. The highest BCUT2D eigenvalue weighted by molar-refractivity contribution is 9.09. The maximum Gasteiger partial charge on any atom is 0.240 e. The van der Waals surface area contributed by atoms with E-state index in [1.165, 1.54) is 0 Å². The molecular formula is C14H22BrNO3S. The van der Waals surface area contributed by atoms with Gasteiger partial charge in [0.1, 0.15) is 5.75 Å². The highest BCUT2D eigenvalue weighted by Gasteiger charge is 2.29. The number of ether oxygens (including phenoxy) is 1. The van der Waals surface area contributed by atoms with Crippen LogP contribution in [-0.2, 0) is 10.0 Å². The van der Waals surface area contributed by atoms with Gasteiger partial charge in [-0.15, -0.1) is 0 Å². The second-order valence-corrected chi connectivity index (χ2v) is 8.20. The zero-order valence-corrected chi connectivity index (χ0v) is 14.7. The summed E-state index contributed by atoms with van der Waals surface area (Å²) in [6, 6.07) is 6.26. The Balaban J connectivity index is 2.97. The van der Waals surface area contributed by atoms with E-state index < -0.39 is 10.0 Å². The molecule has 1 atom stereocenters. The number of methoxy groups -OCH3 is 1. The summed E-state index contributed by atoms with van der Waals surface area (Å²) in [4.78, 5) is 0.252. The fourth-order valence-corrected chi connectivity index (χ4v) is 3.72. The number of alkyl halides is 1. The average molecular weight is 364 g/mol. The third-order valence-corrected chi connectivity index (χ3v) is 5.06. The Morgan fingerprint density at radius 2 is 1.80 bits per heavy atom. The second-order valence-electron chi connectivity index (χ2n) is 5.69. The summed E-state index contributed by atoms with van der Waals surface area (Å²) in [7, 11) is -1.97. The first-order valence-electron chi connectivity index (χ1n) is 6.43. The van der Waals surface area contributed by atoms with E-state index in [2.05, 4.69) is 20.7 Å². The highest BCUT2D eigenvalue weighted by Crippen LogP contribution is 2.25. The van der Waals surface area contributed by atoms with Crippen LogP contribution >= 0.6 is 15.9 Å². The molecule has 0 heterocycles. The fraction of sp³-hybridized carbons (Fsp3) is 0.571. The van der Waals surface area contributed by atoms with Crippen LogP contribution in [0.15, 0.2) is 29.2 Å². The largest absolute Gasteiger partial charge is 0.497 e. The van der Waals surface area contributed by atoms with Crippen LogP contribution < -0.4 is 9.46 Å². The Morgan fingerprint density at radius 1 is 1.25 bits per heavy atom. The molecule has 0 radical (unpaired) electrons. The SMILES string of the molecule is COc1ccc(S(=O)(=O)NC(CCBr)C(C)(C)C)cc1. The molecule has 1 rings (SSSR count). The maximum absolute atomic E-state index is 12.4. The van der Waals surface area contributed by atoms with Crippen molar-refractivity contribution in [1.82, 2.24) is 4.72 Å². The van der Waals surface area contributed by atoms with Gasteiger partial charge >= 0.3 is 0 Å². The number of benzene rings is 1. The lowest BCUT2D eigenvalue weighted by Gasteiger charge is -2.30. The van der Waals surface area contributed by atoms with E-state index >= 15 is 0 Å². The summed E-state index contributed by atoms with van der Waals surface area (Å²) in [5.74, 6) is 0.636. The maximum atomic E-state index is 12.4. The summed E-state index contributed by atoms with van der Waals surface area (Å²) < 4.78 is 32.6. The molecule has 0 bridgehead atoms. The van der Waals surface area contributed by atoms with E-state index in [0.717, 1.165) is 11.8 Å². The number of hydrogen-bond acceptors (Lipinski definition) is 3. The number of sulfonamides is 1. The first kappa shape index (κ1) is 17.5. The Bertz CT molecular complexity index is 520. The number of rotatable bonds is 6. The lowest BCUT2D eigenvalue weighted by Crippen LogP contribution is -2.43. The van der Waals surface area contributed by atoms with Crippen molar-refractivity contribution in [3.8, 4) is 5.75 Å². The molecule has 0 aliphatic heterocycles. The minimum Gasteiger partial charge on any atom is -0.497 e. The Hall–Kier alpha value is -0.590. The van der Waals surface area contributed by atoms with Crippen LogP contribution in [0.1, 0.15) is 27.2 Å². The normalized spacial score (nSPS) is 14.1.